The van der Waals surface area contributed by atoms with E-state index in [1.807, 2.05) is 49.4 Å². The number of amides is 1. The van der Waals surface area contributed by atoms with Crippen molar-refractivity contribution in [3.63, 3.8) is 0 Å². The number of carbonyl (C=O) groups excluding carboxylic acids is 1. The van der Waals surface area contributed by atoms with Gasteiger partial charge in [0.15, 0.2) is 10.7 Å². The summed E-state index contributed by atoms with van der Waals surface area (Å²) in [5.41, 5.74) is 4.36. The van der Waals surface area contributed by atoms with Crippen molar-refractivity contribution in [1.82, 2.24) is 10.3 Å². The number of anilines is 1. The second-order valence-electron chi connectivity index (χ2n) is 6.35. The van der Waals surface area contributed by atoms with Gasteiger partial charge in [-0.15, -0.1) is 0 Å². The van der Waals surface area contributed by atoms with Crippen molar-refractivity contribution in [2.45, 2.75) is 6.92 Å². The number of para-hydroxylation sites is 2. The Labute approximate surface area is 177 Å². The highest BCUT2D eigenvalue weighted by Gasteiger charge is 2.15. The van der Waals surface area contributed by atoms with Gasteiger partial charge in [-0.25, -0.2) is 4.98 Å². The van der Waals surface area contributed by atoms with Crippen LogP contribution in [0, 0.1) is 6.92 Å². The van der Waals surface area contributed by atoms with Crippen LogP contribution in [0.15, 0.2) is 71.1 Å². The molecule has 0 aliphatic rings. The summed E-state index contributed by atoms with van der Waals surface area (Å²) in [7, 11) is 0. The number of rotatable bonds is 3. The van der Waals surface area contributed by atoms with Crippen LogP contribution in [-0.2, 0) is 0 Å². The monoisotopic (exact) mass is 421 g/mol. The molecule has 0 saturated carbocycles. The Kier molecular flexibility index (Phi) is 5.29. The Bertz CT molecular complexity index is 1200. The van der Waals surface area contributed by atoms with E-state index >= 15 is 0 Å². The molecule has 2 N–H and O–H groups in total. The molecule has 1 heterocycles. The third-order valence-electron chi connectivity index (χ3n) is 4.45. The Morgan fingerprint density at radius 3 is 2.59 bits per heavy atom. The normalized spacial score (nSPS) is 10.7. The minimum atomic E-state index is -0.374. The Morgan fingerprint density at radius 2 is 1.79 bits per heavy atom. The highest BCUT2D eigenvalue weighted by Crippen LogP contribution is 2.30. The van der Waals surface area contributed by atoms with Crippen LogP contribution in [0.1, 0.15) is 15.9 Å². The van der Waals surface area contributed by atoms with Crippen molar-refractivity contribution in [2.24, 2.45) is 0 Å². The Balaban J connectivity index is 1.55. The van der Waals surface area contributed by atoms with E-state index in [1.165, 1.54) is 0 Å². The molecule has 1 aromatic heterocycles. The van der Waals surface area contributed by atoms with E-state index in [2.05, 4.69) is 15.6 Å². The average molecular weight is 422 g/mol. The highest BCUT2D eigenvalue weighted by atomic mass is 35.5. The van der Waals surface area contributed by atoms with Gasteiger partial charge in [0.1, 0.15) is 5.52 Å². The van der Waals surface area contributed by atoms with E-state index in [-0.39, 0.29) is 11.0 Å². The van der Waals surface area contributed by atoms with E-state index in [0.29, 0.717) is 16.5 Å². The number of halogens is 1. The second kappa shape index (κ2) is 8.03. The molecule has 4 aromatic rings. The first-order chi connectivity index (χ1) is 14.0. The predicted octanol–water partition coefficient (Wildman–Crippen LogP) is 5.58. The minimum absolute atomic E-state index is 0.174. The molecule has 144 valence electrons. The van der Waals surface area contributed by atoms with E-state index in [4.69, 9.17) is 28.2 Å². The third-order valence-corrected chi connectivity index (χ3v) is 4.99. The number of hydrogen-bond donors (Lipinski definition) is 2. The SMILES string of the molecule is Cc1c(NC(=S)NC(=O)c2ccccc2Cl)cccc1-c1nc2ccccc2o1. The summed E-state index contributed by atoms with van der Waals surface area (Å²) in [6.45, 7) is 1.94. The van der Waals surface area contributed by atoms with Crippen LogP contribution in [0.2, 0.25) is 5.02 Å². The molecular weight excluding hydrogens is 406 g/mol. The molecule has 0 bridgehead atoms. The predicted molar refractivity (Wildman–Crippen MR) is 119 cm³/mol. The molecular formula is C22H16ClN3O2S. The summed E-state index contributed by atoms with van der Waals surface area (Å²) in [6.07, 6.45) is 0. The number of oxazole rings is 1. The van der Waals surface area contributed by atoms with Crippen molar-refractivity contribution >= 4 is 51.6 Å². The van der Waals surface area contributed by atoms with Crippen LogP contribution in [0.25, 0.3) is 22.6 Å². The van der Waals surface area contributed by atoms with Crippen molar-refractivity contribution < 1.29 is 9.21 Å². The molecule has 0 saturated heterocycles. The van der Waals surface area contributed by atoms with E-state index in [1.54, 1.807) is 24.3 Å². The number of nitrogens with one attached hydrogen (secondary N) is 2. The molecule has 1 amide bonds. The van der Waals surface area contributed by atoms with Crippen LogP contribution in [0.3, 0.4) is 0 Å². The molecule has 0 fully saturated rings. The Hall–Kier alpha value is -3.22. The standard InChI is InChI=1S/C22H16ClN3O2S/c1-13-14(21-24-18-10-4-5-12-19(18)28-21)8-6-11-17(13)25-22(29)26-20(27)15-7-2-3-9-16(15)23/h2-12H,1H3,(H2,25,26,27,29). The lowest BCUT2D eigenvalue weighted by Gasteiger charge is -2.13. The summed E-state index contributed by atoms with van der Waals surface area (Å²) in [4.78, 5) is 16.9. The molecule has 0 aliphatic carbocycles. The first-order valence-electron chi connectivity index (χ1n) is 8.85. The van der Waals surface area contributed by atoms with Crippen molar-refractivity contribution in [3.8, 4) is 11.5 Å². The molecule has 0 unspecified atom stereocenters. The summed E-state index contributed by atoms with van der Waals surface area (Å²) in [5, 5.41) is 6.25. The third kappa shape index (κ3) is 3.99. The van der Waals surface area contributed by atoms with Gasteiger partial charge in [0.25, 0.3) is 5.91 Å². The Morgan fingerprint density at radius 1 is 1.03 bits per heavy atom. The maximum absolute atomic E-state index is 12.4. The zero-order chi connectivity index (χ0) is 20.4. The van der Waals surface area contributed by atoms with Crippen LogP contribution in [0.5, 0.6) is 0 Å². The smallest absolute Gasteiger partial charge is 0.258 e. The van der Waals surface area contributed by atoms with Gasteiger partial charge in [0, 0.05) is 11.3 Å². The van der Waals surface area contributed by atoms with Gasteiger partial charge in [0.05, 0.1) is 10.6 Å². The van der Waals surface area contributed by atoms with Gasteiger partial charge in [-0.1, -0.05) is 41.9 Å². The highest BCUT2D eigenvalue weighted by molar-refractivity contribution is 7.80. The van der Waals surface area contributed by atoms with Crippen LogP contribution < -0.4 is 10.6 Å². The van der Waals surface area contributed by atoms with Gasteiger partial charge >= 0.3 is 0 Å². The maximum atomic E-state index is 12.4. The number of fused-ring (bicyclic) bond motifs is 1. The molecule has 3 aromatic carbocycles. The number of aromatic nitrogens is 1. The average Bonchev–Trinajstić information content (AvgIpc) is 3.13. The van der Waals surface area contributed by atoms with Crippen LogP contribution in [0.4, 0.5) is 5.69 Å². The largest absolute Gasteiger partial charge is 0.436 e. The fourth-order valence-corrected chi connectivity index (χ4v) is 3.38. The van der Waals surface area contributed by atoms with E-state index < -0.39 is 0 Å². The molecule has 0 atom stereocenters. The van der Waals surface area contributed by atoms with Crippen LogP contribution in [-0.4, -0.2) is 16.0 Å². The summed E-state index contributed by atoms with van der Waals surface area (Å²) in [6, 6.07) is 20.1. The first kappa shape index (κ1) is 19.1. The van der Waals surface area contributed by atoms with Gasteiger partial charge in [0.2, 0.25) is 5.89 Å². The molecule has 5 nitrogen and oxygen atoms in total. The van der Waals surface area contributed by atoms with Crippen molar-refractivity contribution in [2.75, 3.05) is 5.32 Å². The number of carbonyl (C=O) groups is 1. The maximum Gasteiger partial charge on any atom is 0.258 e. The quantitative estimate of drug-likeness (QED) is 0.422. The number of hydrogen-bond acceptors (Lipinski definition) is 4. The van der Waals surface area contributed by atoms with Gasteiger partial charge in [-0.3, -0.25) is 10.1 Å². The fourth-order valence-electron chi connectivity index (χ4n) is 2.96. The van der Waals surface area contributed by atoms with Crippen LogP contribution >= 0.6 is 23.8 Å². The fraction of sp³-hybridized carbons (Fsp3) is 0.0455. The lowest BCUT2D eigenvalue weighted by Crippen LogP contribution is -2.34. The minimum Gasteiger partial charge on any atom is -0.436 e. The zero-order valence-electron chi connectivity index (χ0n) is 15.4. The van der Waals surface area contributed by atoms with E-state index in [9.17, 15) is 4.79 Å². The summed E-state index contributed by atoms with van der Waals surface area (Å²) in [5.74, 6) is 0.152. The topological polar surface area (TPSA) is 67.2 Å². The first-order valence-corrected chi connectivity index (χ1v) is 9.64. The van der Waals surface area contributed by atoms with Crippen molar-refractivity contribution in [1.29, 1.82) is 0 Å². The molecule has 0 radical (unpaired) electrons. The van der Waals surface area contributed by atoms with Gasteiger partial charge in [-0.05, 0) is 61.1 Å². The molecule has 7 heteroatoms. The lowest BCUT2D eigenvalue weighted by atomic mass is 10.1. The number of benzene rings is 3. The number of thiocarbonyl (C=S) groups is 1. The summed E-state index contributed by atoms with van der Waals surface area (Å²) >= 11 is 11.4. The molecule has 0 aliphatic heterocycles. The molecule has 0 spiro atoms. The molecule has 4 rings (SSSR count). The van der Waals surface area contributed by atoms with Gasteiger partial charge in [-0.2, -0.15) is 0 Å². The summed E-state index contributed by atoms with van der Waals surface area (Å²) < 4.78 is 5.87. The van der Waals surface area contributed by atoms with Gasteiger partial charge < -0.3 is 9.73 Å². The van der Waals surface area contributed by atoms with Crippen molar-refractivity contribution in [3.05, 3.63) is 82.9 Å². The lowest BCUT2D eigenvalue weighted by molar-refractivity contribution is 0.0978. The molecule has 29 heavy (non-hydrogen) atoms. The second-order valence-corrected chi connectivity index (χ2v) is 7.17. The van der Waals surface area contributed by atoms with E-state index in [0.717, 1.165) is 27.9 Å². The number of nitrogens with zero attached hydrogens (tertiary/aromatic N) is 1. The zero-order valence-corrected chi connectivity index (χ0v) is 17.0.